The van der Waals surface area contributed by atoms with Crippen LogP contribution in [-0.4, -0.2) is 9.97 Å². The largest absolute Gasteiger partial charge is 0.416 e. The number of nitrogens with zero attached hydrogens (tertiary/aromatic N) is 1. The van der Waals surface area contributed by atoms with Crippen molar-refractivity contribution in [1.29, 1.82) is 0 Å². The van der Waals surface area contributed by atoms with Crippen molar-refractivity contribution in [1.82, 2.24) is 9.97 Å². The van der Waals surface area contributed by atoms with E-state index in [1.54, 1.807) is 18.2 Å². The van der Waals surface area contributed by atoms with Crippen LogP contribution >= 0.6 is 0 Å². The molecule has 0 atom stereocenters. The minimum absolute atomic E-state index is 0.107. The number of rotatable bonds is 3. The molecule has 2 N–H and O–H groups in total. The summed E-state index contributed by atoms with van der Waals surface area (Å²) in [5.41, 5.74) is -2.67. The van der Waals surface area contributed by atoms with Gasteiger partial charge in [0, 0.05) is 34.6 Å². The summed E-state index contributed by atoms with van der Waals surface area (Å²) in [6.07, 6.45) is -8.32. The van der Waals surface area contributed by atoms with Crippen molar-refractivity contribution in [2.75, 3.05) is 5.32 Å². The van der Waals surface area contributed by atoms with Gasteiger partial charge in [0.05, 0.1) is 11.1 Å². The van der Waals surface area contributed by atoms with Gasteiger partial charge in [-0.3, -0.25) is 4.79 Å². The highest BCUT2D eigenvalue weighted by Gasteiger charge is 2.37. The summed E-state index contributed by atoms with van der Waals surface area (Å²) in [7, 11) is 0. The number of H-pyrrole nitrogens is 1. The summed E-state index contributed by atoms with van der Waals surface area (Å²) < 4.78 is 78.5. The molecular weight excluding hydrogens is 424 g/mol. The van der Waals surface area contributed by atoms with Gasteiger partial charge in [-0.25, -0.2) is 4.98 Å². The molecule has 4 rings (SSSR count). The second-order valence-electron chi connectivity index (χ2n) is 6.84. The van der Waals surface area contributed by atoms with Crippen LogP contribution in [0.1, 0.15) is 16.7 Å². The van der Waals surface area contributed by atoms with Crippen LogP contribution in [0.3, 0.4) is 0 Å². The van der Waals surface area contributed by atoms with Gasteiger partial charge >= 0.3 is 12.4 Å². The van der Waals surface area contributed by atoms with Crippen LogP contribution in [-0.2, 0) is 18.9 Å². The predicted octanol–water partition coefficient (Wildman–Crippen LogP) is 5.73. The zero-order valence-corrected chi connectivity index (χ0v) is 15.5. The highest BCUT2D eigenvalue weighted by Crippen LogP contribution is 2.37. The fraction of sp³-hybridized carbons (Fsp3) is 0.143. The fourth-order valence-electron chi connectivity index (χ4n) is 3.34. The quantitative estimate of drug-likeness (QED) is 0.318. The van der Waals surface area contributed by atoms with E-state index in [1.165, 1.54) is 18.3 Å². The molecule has 4 nitrogen and oxygen atoms in total. The lowest BCUT2D eigenvalue weighted by atomic mass is 10.0. The van der Waals surface area contributed by atoms with Crippen LogP contribution < -0.4 is 10.9 Å². The molecule has 0 radical (unpaired) electrons. The molecule has 10 heteroatoms. The molecule has 0 unspecified atom stereocenters. The third-order valence-corrected chi connectivity index (χ3v) is 4.82. The SMILES string of the molecule is O=c1[nH]c2ncccc2c2cc(NCc3ccc(C(F)(F)F)cc3C(F)(F)F)ccc12. The van der Waals surface area contributed by atoms with Crippen LogP contribution in [0, 0.1) is 0 Å². The lowest BCUT2D eigenvalue weighted by Crippen LogP contribution is -2.15. The normalized spacial score (nSPS) is 12.5. The first-order chi connectivity index (χ1) is 14.5. The van der Waals surface area contributed by atoms with Crippen LogP contribution in [0.25, 0.3) is 21.8 Å². The van der Waals surface area contributed by atoms with Gasteiger partial charge in [-0.05, 0) is 48.0 Å². The first-order valence-electron chi connectivity index (χ1n) is 8.96. The zero-order valence-electron chi connectivity index (χ0n) is 15.5. The summed E-state index contributed by atoms with van der Waals surface area (Å²) in [6, 6.07) is 9.56. The van der Waals surface area contributed by atoms with Gasteiger partial charge in [0.2, 0.25) is 0 Å². The van der Waals surface area contributed by atoms with E-state index in [0.717, 1.165) is 6.07 Å². The average Bonchev–Trinajstić information content (AvgIpc) is 2.71. The molecule has 0 saturated heterocycles. The van der Waals surface area contributed by atoms with E-state index >= 15 is 0 Å². The van der Waals surface area contributed by atoms with Crippen molar-refractivity contribution in [3.05, 3.63) is 81.8 Å². The Labute approximate surface area is 170 Å². The molecule has 160 valence electrons. The van der Waals surface area contributed by atoms with Gasteiger partial charge < -0.3 is 10.3 Å². The molecule has 2 aromatic carbocycles. The number of benzene rings is 2. The topological polar surface area (TPSA) is 57.8 Å². The smallest absolute Gasteiger partial charge is 0.381 e. The van der Waals surface area contributed by atoms with Gasteiger partial charge in [-0.2, -0.15) is 26.3 Å². The number of alkyl halides is 6. The Bertz CT molecular complexity index is 1340. The molecule has 2 heterocycles. The van der Waals surface area contributed by atoms with E-state index in [2.05, 4.69) is 15.3 Å². The van der Waals surface area contributed by atoms with Crippen molar-refractivity contribution >= 4 is 27.5 Å². The lowest BCUT2D eigenvalue weighted by molar-refractivity contribution is -0.143. The van der Waals surface area contributed by atoms with E-state index < -0.39 is 23.5 Å². The van der Waals surface area contributed by atoms with Gasteiger partial charge in [-0.15, -0.1) is 0 Å². The molecule has 0 aliphatic heterocycles. The Morgan fingerprint density at radius 3 is 2.35 bits per heavy atom. The van der Waals surface area contributed by atoms with Crippen molar-refractivity contribution < 1.29 is 26.3 Å². The summed E-state index contributed by atoms with van der Waals surface area (Å²) in [4.78, 5) is 19.0. The number of aromatic nitrogens is 2. The number of hydrogen-bond donors (Lipinski definition) is 2. The summed E-state index contributed by atoms with van der Waals surface area (Å²) in [5.74, 6) is 0. The maximum Gasteiger partial charge on any atom is 0.416 e. The third-order valence-electron chi connectivity index (χ3n) is 4.82. The number of nitrogens with one attached hydrogen (secondary N) is 2. The van der Waals surface area contributed by atoms with E-state index in [9.17, 15) is 31.1 Å². The molecule has 2 aromatic heterocycles. The zero-order chi connectivity index (χ0) is 22.4. The van der Waals surface area contributed by atoms with Crippen LogP contribution in [0.2, 0.25) is 0 Å². The summed E-state index contributed by atoms with van der Waals surface area (Å²) in [6.45, 7) is -0.363. The van der Waals surface area contributed by atoms with Gasteiger partial charge in [0.25, 0.3) is 5.56 Å². The van der Waals surface area contributed by atoms with E-state index in [-0.39, 0.29) is 23.7 Å². The molecule has 0 saturated carbocycles. The Kier molecular flexibility index (Phi) is 4.87. The number of anilines is 1. The number of pyridine rings is 2. The molecule has 0 spiro atoms. The Balaban J connectivity index is 1.71. The lowest BCUT2D eigenvalue weighted by Gasteiger charge is -2.17. The van der Waals surface area contributed by atoms with Crippen LogP contribution in [0.4, 0.5) is 32.0 Å². The maximum absolute atomic E-state index is 13.3. The number of aromatic amines is 1. The number of halogens is 6. The Hall–Kier alpha value is -3.56. The van der Waals surface area contributed by atoms with Gasteiger partial charge in [0.1, 0.15) is 5.65 Å². The Morgan fingerprint density at radius 2 is 1.65 bits per heavy atom. The number of fused-ring (bicyclic) bond motifs is 3. The highest BCUT2D eigenvalue weighted by atomic mass is 19.4. The first kappa shape index (κ1) is 20.7. The minimum Gasteiger partial charge on any atom is -0.381 e. The van der Waals surface area contributed by atoms with Crippen LogP contribution in [0.5, 0.6) is 0 Å². The van der Waals surface area contributed by atoms with Crippen molar-refractivity contribution in [2.24, 2.45) is 0 Å². The first-order valence-corrected chi connectivity index (χ1v) is 8.96. The summed E-state index contributed by atoms with van der Waals surface area (Å²) >= 11 is 0. The maximum atomic E-state index is 13.3. The third kappa shape index (κ3) is 4.05. The average molecular weight is 437 g/mol. The monoisotopic (exact) mass is 437 g/mol. The van der Waals surface area contributed by atoms with Crippen LogP contribution in [0.15, 0.2) is 59.5 Å². The second-order valence-corrected chi connectivity index (χ2v) is 6.84. The van der Waals surface area contributed by atoms with Crippen molar-refractivity contribution in [2.45, 2.75) is 18.9 Å². The Morgan fingerprint density at radius 1 is 0.871 bits per heavy atom. The van der Waals surface area contributed by atoms with Crippen molar-refractivity contribution in [3.63, 3.8) is 0 Å². The molecule has 0 aliphatic rings. The van der Waals surface area contributed by atoms with Crippen molar-refractivity contribution in [3.8, 4) is 0 Å². The molecule has 0 amide bonds. The molecule has 0 aliphatic carbocycles. The van der Waals surface area contributed by atoms with Gasteiger partial charge in [0.15, 0.2) is 0 Å². The van der Waals surface area contributed by atoms with E-state index in [0.29, 0.717) is 33.6 Å². The van der Waals surface area contributed by atoms with Gasteiger partial charge in [-0.1, -0.05) is 6.07 Å². The predicted molar refractivity (Wildman–Crippen MR) is 104 cm³/mol. The fourth-order valence-corrected chi connectivity index (χ4v) is 3.34. The molecule has 0 fully saturated rings. The molecule has 4 aromatic rings. The summed E-state index contributed by atoms with van der Waals surface area (Å²) in [5, 5.41) is 4.35. The second kappa shape index (κ2) is 7.29. The molecule has 0 bridgehead atoms. The molecule has 31 heavy (non-hydrogen) atoms. The van der Waals surface area contributed by atoms with E-state index in [4.69, 9.17) is 0 Å². The molecular formula is C21H13F6N3O. The van der Waals surface area contributed by atoms with E-state index in [1.807, 2.05) is 0 Å². The standard InChI is InChI=1S/C21H13F6N3O/c22-20(23,24)12-4-3-11(17(8-12)21(25,26)27)10-29-13-5-6-15-16(9-13)14-2-1-7-28-18(14)30-19(15)31/h1-9,29H,10H2,(H,28,30,31). The minimum atomic E-state index is -4.95. The number of hydrogen-bond acceptors (Lipinski definition) is 3. The highest BCUT2D eigenvalue weighted by molar-refractivity contribution is 6.05.